The first-order chi connectivity index (χ1) is 24.8. The third-order valence-electron chi connectivity index (χ3n) is 11.2. The molecule has 1 heterocycles. The van der Waals surface area contributed by atoms with Crippen molar-refractivity contribution in [3.8, 4) is 0 Å². The Kier molecular flexibility index (Phi) is 11.1. The van der Waals surface area contributed by atoms with Gasteiger partial charge in [0, 0.05) is 24.1 Å². The molecule has 3 aromatic rings. The molecular weight excluding hydrogens is 659 g/mol. The van der Waals surface area contributed by atoms with Gasteiger partial charge in [0.15, 0.2) is 0 Å². The second-order valence-electron chi connectivity index (χ2n) is 15.5. The molecule has 0 aromatic heterocycles. The molecule has 4 fully saturated rings. The maximum Gasteiger partial charge on any atom is 0.481 e. The zero-order valence-corrected chi connectivity index (χ0v) is 30.5. The zero-order chi connectivity index (χ0) is 37.0. The minimum Gasteiger partial charge on any atom is -0.404 e. The van der Waals surface area contributed by atoms with E-state index < -0.39 is 42.6 Å². The minimum atomic E-state index is -0.902. The summed E-state index contributed by atoms with van der Waals surface area (Å²) >= 11 is 0. The monoisotopic (exact) mass is 708 g/mol. The van der Waals surface area contributed by atoms with Gasteiger partial charge in [-0.3, -0.25) is 14.4 Å². The predicted molar refractivity (Wildman–Crippen MR) is 197 cm³/mol. The summed E-state index contributed by atoms with van der Waals surface area (Å²) in [5.41, 5.74) is 4.09. The first-order valence-corrected chi connectivity index (χ1v) is 18.2. The predicted octanol–water partition coefficient (Wildman–Crippen LogP) is 5.40. The molecule has 3 aliphatic carbocycles. The van der Waals surface area contributed by atoms with Gasteiger partial charge in [-0.25, -0.2) is 4.79 Å². The maximum atomic E-state index is 14.1. The van der Waals surface area contributed by atoms with Crippen LogP contribution >= 0.6 is 0 Å². The summed E-state index contributed by atoms with van der Waals surface area (Å²) in [7, 11) is -0.595. The number of hydrogen-bond acceptors (Lipinski definition) is 7. The standard InChI is InChI=1S/C40H49BN4O7/c1-25(2)20-34(41-50-33-23-30-22-32(39(30,3)4)40(33,5)52-41)44-37(48)31(21-26-12-8-6-9-13-26)43-35(46)28-16-18-29(19-17-28)36(47)45-51-38(49)42-24-27-14-10-7-11-15-27/h6-19,25,30-34H,20-24H2,1-5H3,(H,42,49)(H,43,46)(H,44,48)(H,45,47)/t30-,31+,32-,33?,34+,40-/m1/s1. The van der Waals surface area contributed by atoms with Crippen LogP contribution in [-0.4, -0.2) is 54.6 Å². The molecule has 4 N–H and O–H groups in total. The molecule has 2 bridgehead atoms. The van der Waals surface area contributed by atoms with Crippen LogP contribution in [0.1, 0.15) is 85.7 Å². The first kappa shape index (κ1) is 37.1. The molecule has 274 valence electrons. The highest BCUT2D eigenvalue weighted by Crippen LogP contribution is 2.65. The zero-order valence-electron chi connectivity index (χ0n) is 30.5. The fraction of sp³-hybridized carbons (Fsp3) is 0.450. The smallest absolute Gasteiger partial charge is 0.404 e. The van der Waals surface area contributed by atoms with E-state index in [-0.39, 0.29) is 47.4 Å². The van der Waals surface area contributed by atoms with Crippen molar-refractivity contribution in [1.29, 1.82) is 0 Å². The van der Waals surface area contributed by atoms with Crippen LogP contribution in [0, 0.1) is 23.2 Å². The van der Waals surface area contributed by atoms with Gasteiger partial charge in [-0.05, 0) is 84.7 Å². The Hall–Kier alpha value is -4.68. The van der Waals surface area contributed by atoms with E-state index in [4.69, 9.17) is 14.1 Å². The van der Waals surface area contributed by atoms with Gasteiger partial charge in [0.1, 0.15) is 6.04 Å². The van der Waals surface area contributed by atoms with Gasteiger partial charge in [-0.2, -0.15) is 5.48 Å². The molecular formula is C40H49BN4O7. The van der Waals surface area contributed by atoms with Crippen LogP contribution in [-0.2, 0) is 31.9 Å². The van der Waals surface area contributed by atoms with Gasteiger partial charge < -0.3 is 30.1 Å². The van der Waals surface area contributed by atoms with E-state index in [1.165, 1.54) is 24.3 Å². The highest BCUT2D eigenvalue weighted by atomic mass is 16.7. The third-order valence-corrected chi connectivity index (χ3v) is 11.2. The molecule has 7 rings (SSSR count). The molecule has 52 heavy (non-hydrogen) atoms. The van der Waals surface area contributed by atoms with E-state index in [1.807, 2.05) is 60.7 Å². The van der Waals surface area contributed by atoms with Crippen molar-refractivity contribution < 1.29 is 33.3 Å². The minimum absolute atomic E-state index is 0.0194. The molecule has 1 aliphatic heterocycles. The average Bonchev–Trinajstić information content (AvgIpc) is 3.50. The maximum absolute atomic E-state index is 14.1. The van der Waals surface area contributed by atoms with Crippen molar-refractivity contribution in [3.05, 3.63) is 107 Å². The van der Waals surface area contributed by atoms with Gasteiger partial charge >= 0.3 is 13.2 Å². The summed E-state index contributed by atoms with van der Waals surface area (Å²) in [4.78, 5) is 57.2. The SMILES string of the molecule is CC(C)C[C@H](NC(=O)[C@H](Cc1ccccc1)NC(=O)c1ccc(C(=O)NOC(=O)NCc2ccccc2)cc1)B1OC2C[C@H]3C[C@H](C3(C)C)[C@@]2(C)O1. The lowest BCUT2D eigenvalue weighted by atomic mass is 9.43. The Morgan fingerprint density at radius 2 is 1.44 bits per heavy atom. The van der Waals surface area contributed by atoms with Crippen molar-refractivity contribution in [2.75, 3.05) is 0 Å². The van der Waals surface area contributed by atoms with Crippen LogP contribution in [0.15, 0.2) is 84.9 Å². The quantitative estimate of drug-likeness (QED) is 0.146. The molecule has 11 nitrogen and oxygen atoms in total. The lowest BCUT2D eigenvalue weighted by molar-refractivity contribution is -0.199. The molecule has 1 saturated heterocycles. The number of hydroxylamine groups is 1. The molecule has 1 unspecified atom stereocenters. The highest BCUT2D eigenvalue weighted by Gasteiger charge is 2.68. The molecule has 4 amide bonds. The molecule has 0 spiro atoms. The van der Waals surface area contributed by atoms with Crippen molar-refractivity contribution in [2.24, 2.45) is 23.2 Å². The lowest BCUT2D eigenvalue weighted by Crippen LogP contribution is -2.65. The van der Waals surface area contributed by atoms with E-state index in [2.05, 4.69) is 56.0 Å². The second-order valence-corrected chi connectivity index (χ2v) is 15.5. The summed E-state index contributed by atoms with van der Waals surface area (Å²) in [6.45, 7) is 11.2. The largest absolute Gasteiger partial charge is 0.481 e. The molecule has 3 saturated carbocycles. The third kappa shape index (κ3) is 8.18. The summed E-state index contributed by atoms with van der Waals surface area (Å²) < 4.78 is 13.3. The van der Waals surface area contributed by atoms with Gasteiger partial charge in [0.2, 0.25) is 5.91 Å². The van der Waals surface area contributed by atoms with Gasteiger partial charge in [0.25, 0.3) is 11.8 Å². The molecule has 12 heteroatoms. The number of benzene rings is 3. The van der Waals surface area contributed by atoms with E-state index in [1.54, 1.807) is 0 Å². The van der Waals surface area contributed by atoms with Crippen LogP contribution < -0.4 is 21.4 Å². The topological polar surface area (TPSA) is 144 Å². The fourth-order valence-corrected chi connectivity index (χ4v) is 8.13. The normalized spacial score (nSPS) is 23.7. The van der Waals surface area contributed by atoms with Crippen molar-refractivity contribution in [3.63, 3.8) is 0 Å². The summed E-state index contributed by atoms with van der Waals surface area (Å²) in [6, 6.07) is 23.7. The Labute approximate surface area is 306 Å². The molecule has 6 atom stereocenters. The van der Waals surface area contributed by atoms with E-state index in [0.29, 0.717) is 18.3 Å². The van der Waals surface area contributed by atoms with Gasteiger partial charge in [-0.1, -0.05) is 88.4 Å². The molecule has 3 aromatic carbocycles. The van der Waals surface area contributed by atoms with Crippen molar-refractivity contribution >= 4 is 30.9 Å². The van der Waals surface area contributed by atoms with Crippen LogP contribution in [0.5, 0.6) is 0 Å². The average molecular weight is 709 g/mol. The first-order valence-electron chi connectivity index (χ1n) is 18.2. The van der Waals surface area contributed by atoms with Crippen molar-refractivity contribution in [2.45, 2.75) is 90.5 Å². The van der Waals surface area contributed by atoms with Gasteiger partial charge in [0.05, 0.1) is 17.6 Å². The number of rotatable bonds is 12. The Bertz CT molecular complexity index is 1740. The van der Waals surface area contributed by atoms with E-state index in [0.717, 1.165) is 24.0 Å². The molecule has 4 aliphatic rings. The number of amides is 4. The highest BCUT2D eigenvalue weighted by molar-refractivity contribution is 6.48. The summed E-state index contributed by atoms with van der Waals surface area (Å²) in [5.74, 6) is -0.632. The number of hydrogen-bond donors (Lipinski definition) is 4. The van der Waals surface area contributed by atoms with Crippen LogP contribution in [0.3, 0.4) is 0 Å². The Morgan fingerprint density at radius 1 is 0.827 bits per heavy atom. The van der Waals surface area contributed by atoms with E-state index in [9.17, 15) is 19.2 Å². The van der Waals surface area contributed by atoms with Crippen LogP contribution in [0.4, 0.5) is 4.79 Å². The van der Waals surface area contributed by atoms with E-state index >= 15 is 0 Å². The Balaban J connectivity index is 1.09. The lowest BCUT2D eigenvalue weighted by Gasteiger charge is -2.64. The Morgan fingerprint density at radius 3 is 2.06 bits per heavy atom. The number of carbonyl (C=O) groups is 4. The summed E-state index contributed by atoms with van der Waals surface area (Å²) in [5, 5.41) is 8.68. The molecule has 0 radical (unpaired) electrons. The number of carbonyl (C=O) groups excluding carboxylic acids is 4. The van der Waals surface area contributed by atoms with Crippen molar-refractivity contribution in [1.82, 2.24) is 21.4 Å². The number of nitrogens with one attached hydrogen (secondary N) is 4. The van der Waals surface area contributed by atoms with Gasteiger partial charge in [-0.15, -0.1) is 0 Å². The van der Waals surface area contributed by atoms with Crippen LogP contribution in [0.2, 0.25) is 0 Å². The summed E-state index contributed by atoms with van der Waals surface area (Å²) in [6.07, 6.45) is 2.16. The van der Waals surface area contributed by atoms with Crippen LogP contribution in [0.25, 0.3) is 0 Å². The second kappa shape index (κ2) is 15.5. The fourth-order valence-electron chi connectivity index (χ4n) is 8.13.